The number of nitrogen functional groups attached to an aromatic ring is 1. The van der Waals surface area contributed by atoms with Crippen molar-refractivity contribution in [1.82, 2.24) is 9.55 Å². The van der Waals surface area contributed by atoms with Crippen LogP contribution in [0.2, 0.25) is 0 Å². The largest absolute Gasteiger partial charge is 0.384 e. The van der Waals surface area contributed by atoms with Gasteiger partial charge in [0.15, 0.2) is 0 Å². The van der Waals surface area contributed by atoms with E-state index >= 15 is 0 Å². The topological polar surface area (TPSA) is 43.8 Å². The molecule has 0 atom stereocenters. The Morgan fingerprint density at radius 3 is 1.94 bits per heavy atom. The normalized spacial score (nSPS) is 12.7. The van der Waals surface area contributed by atoms with Gasteiger partial charge in [-0.05, 0) is 26.7 Å². The summed E-state index contributed by atoms with van der Waals surface area (Å²) in [6.07, 6.45) is 2.19. The number of anilines is 1. The van der Waals surface area contributed by atoms with Gasteiger partial charge < -0.3 is 10.3 Å². The van der Waals surface area contributed by atoms with E-state index in [0.29, 0.717) is 12.0 Å². The van der Waals surface area contributed by atoms with E-state index in [4.69, 9.17) is 10.7 Å². The van der Waals surface area contributed by atoms with Crippen molar-refractivity contribution in [1.29, 1.82) is 0 Å². The Balaban J connectivity index is 3.41. The highest BCUT2D eigenvalue weighted by Crippen LogP contribution is 2.34. The van der Waals surface area contributed by atoms with Crippen LogP contribution in [0.15, 0.2) is 0 Å². The number of hydrogen-bond donors (Lipinski definition) is 1. The third-order valence-corrected chi connectivity index (χ3v) is 3.54. The van der Waals surface area contributed by atoms with Gasteiger partial charge in [-0.25, -0.2) is 4.98 Å². The first-order valence-electron chi connectivity index (χ1n) is 7.12. The van der Waals surface area contributed by atoms with Crippen molar-refractivity contribution in [3.05, 3.63) is 11.5 Å². The lowest BCUT2D eigenvalue weighted by atomic mass is 9.95. The molecule has 1 aromatic heterocycles. The summed E-state index contributed by atoms with van der Waals surface area (Å²) in [5, 5.41) is 0. The van der Waals surface area contributed by atoms with Crippen LogP contribution in [0.25, 0.3) is 0 Å². The number of nitrogens with zero attached hydrogens (tertiary/aromatic N) is 2. The molecule has 0 aliphatic carbocycles. The number of aromatic nitrogens is 2. The quantitative estimate of drug-likeness (QED) is 0.869. The van der Waals surface area contributed by atoms with Crippen molar-refractivity contribution in [3.63, 3.8) is 0 Å². The van der Waals surface area contributed by atoms with Crippen LogP contribution in [0.3, 0.4) is 0 Å². The predicted molar refractivity (Wildman–Crippen MR) is 79.0 cm³/mol. The Morgan fingerprint density at radius 2 is 1.67 bits per heavy atom. The molecule has 0 aliphatic heterocycles. The maximum absolute atomic E-state index is 6.35. The van der Waals surface area contributed by atoms with Gasteiger partial charge in [0.1, 0.15) is 11.6 Å². The van der Waals surface area contributed by atoms with Crippen molar-refractivity contribution >= 4 is 5.82 Å². The molecular formula is C15H29N3. The molecule has 3 nitrogen and oxygen atoms in total. The van der Waals surface area contributed by atoms with Gasteiger partial charge in [-0.2, -0.15) is 0 Å². The second kappa shape index (κ2) is 5.33. The molecule has 0 aromatic carbocycles. The lowest BCUT2D eigenvalue weighted by Crippen LogP contribution is -2.21. The molecule has 0 unspecified atom stereocenters. The summed E-state index contributed by atoms with van der Waals surface area (Å²) in [5.74, 6) is 2.45. The maximum Gasteiger partial charge on any atom is 0.127 e. The zero-order valence-electron chi connectivity index (χ0n) is 13.0. The molecule has 0 amide bonds. The van der Waals surface area contributed by atoms with Crippen LogP contribution in [-0.2, 0) is 5.41 Å². The minimum atomic E-state index is 0.0304. The van der Waals surface area contributed by atoms with Gasteiger partial charge in [0.2, 0.25) is 0 Å². The zero-order valence-corrected chi connectivity index (χ0v) is 13.0. The standard InChI is InChI=1S/C15H29N3/c1-8-11(9-2)12-13(16)18(10(3)4)14(17-12)15(5,6)7/h10-11H,8-9,16H2,1-7H3. The van der Waals surface area contributed by atoms with Gasteiger partial charge >= 0.3 is 0 Å². The predicted octanol–water partition coefficient (Wildman–Crippen LogP) is 4.25. The van der Waals surface area contributed by atoms with Crippen molar-refractivity contribution in [2.75, 3.05) is 5.73 Å². The number of nitrogens with two attached hydrogens (primary N) is 1. The number of rotatable bonds is 4. The van der Waals surface area contributed by atoms with E-state index in [-0.39, 0.29) is 5.41 Å². The lowest BCUT2D eigenvalue weighted by Gasteiger charge is -2.22. The summed E-state index contributed by atoms with van der Waals surface area (Å²) in [5.41, 5.74) is 7.48. The first kappa shape index (κ1) is 15.1. The van der Waals surface area contributed by atoms with Crippen LogP contribution in [0.1, 0.15) is 84.8 Å². The summed E-state index contributed by atoms with van der Waals surface area (Å²) >= 11 is 0. The first-order valence-corrected chi connectivity index (χ1v) is 7.12. The van der Waals surface area contributed by atoms with Gasteiger partial charge in [-0.1, -0.05) is 34.6 Å². The fraction of sp³-hybridized carbons (Fsp3) is 0.800. The third kappa shape index (κ3) is 2.70. The van der Waals surface area contributed by atoms with Gasteiger partial charge in [0.25, 0.3) is 0 Å². The molecule has 104 valence electrons. The van der Waals surface area contributed by atoms with Crippen LogP contribution in [0.5, 0.6) is 0 Å². The van der Waals surface area contributed by atoms with E-state index in [2.05, 4.69) is 53.0 Å². The molecule has 0 saturated carbocycles. The fourth-order valence-corrected chi connectivity index (χ4v) is 2.49. The van der Waals surface area contributed by atoms with Gasteiger partial charge in [-0.3, -0.25) is 0 Å². The van der Waals surface area contributed by atoms with Gasteiger partial charge in [-0.15, -0.1) is 0 Å². The molecular weight excluding hydrogens is 222 g/mol. The van der Waals surface area contributed by atoms with Gasteiger partial charge in [0.05, 0.1) is 5.69 Å². The second-order valence-corrected chi connectivity index (χ2v) is 6.43. The van der Waals surface area contributed by atoms with Crippen LogP contribution in [-0.4, -0.2) is 9.55 Å². The van der Waals surface area contributed by atoms with E-state index in [1.807, 2.05) is 0 Å². The maximum atomic E-state index is 6.35. The second-order valence-electron chi connectivity index (χ2n) is 6.43. The monoisotopic (exact) mass is 251 g/mol. The highest BCUT2D eigenvalue weighted by molar-refractivity contribution is 5.42. The molecule has 0 radical (unpaired) electrons. The van der Waals surface area contributed by atoms with Crippen molar-refractivity contribution in [3.8, 4) is 0 Å². The smallest absolute Gasteiger partial charge is 0.127 e. The fourth-order valence-electron chi connectivity index (χ4n) is 2.49. The lowest BCUT2D eigenvalue weighted by molar-refractivity contribution is 0.472. The van der Waals surface area contributed by atoms with E-state index in [1.165, 1.54) is 0 Å². The zero-order chi connectivity index (χ0) is 14.1. The van der Waals surface area contributed by atoms with Crippen molar-refractivity contribution in [2.45, 2.75) is 78.7 Å². The molecule has 0 aliphatic rings. The molecule has 3 heteroatoms. The average molecular weight is 251 g/mol. The Bertz CT molecular complexity index is 393. The molecule has 0 spiro atoms. The Labute approximate surface area is 112 Å². The van der Waals surface area contributed by atoms with E-state index in [0.717, 1.165) is 30.2 Å². The highest BCUT2D eigenvalue weighted by atomic mass is 15.2. The van der Waals surface area contributed by atoms with Crippen LogP contribution in [0.4, 0.5) is 5.82 Å². The first-order chi connectivity index (χ1) is 8.23. The average Bonchev–Trinajstić information content (AvgIpc) is 2.58. The van der Waals surface area contributed by atoms with Crippen LogP contribution < -0.4 is 5.73 Å². The van der Waals surface area contributed by atoms with E-state index in [9.17, 15) is 0 Å². The Kier molecular flexibility index (Phi) is 4.46. The molecule has 1 aromatic rings. The van der Waals surface area contributed by atoms with Crippen LogP contribution in [0, 0.1) is 0 Å². The number of imidazole rings is 1. The SMILES string of the molecule is CCC(CC)c1nc(C(C)(C)C)n(C(C)C)c1N. The molecule has 1 rings (SSSR count). The van der Waals surface area contributed by atoms with Crippen molar-refractivity contribution < 1.29 is 0 Å². The summed E-state index contributed by atoms with van der Waals surface area (Å²) in [7, 11) is 0. The Morgan fingerprint density at radius 1 is 1.17 bits per heavy atom. The molecule has 0 fully saturated rings. The van der Waals surface area contributed by atoms with E-state index < -0.39 is 0 Å². The highest BCUT2D eigenvalue weighted by Gasteiger charge is 2.28. The summed E-state index contributed by atoms with van der Waals surface area (Å²) in [6, 6.07) is 0.356. The minimum absolute atomic E-state index is 0.0304. The molecule has 18 heavy (non-hydrogen) atoms. The summed E-state index contributed by atoms with van der Waals surface area (Å²) in [6.45, 7) is 15.4. The molecule has 1 heterocycles. The molecule has 2 N–H and O–H groups in total. The summed E-state index contributed by atoms with van der Waals surface area (Å²) < 4.78 is 2.20. The van der Waals surface area contributed by atoms with Gasteiger partial charge in [0, 0.05) is 17.4 Å². The summed E-state index contributed by atoms with van der Waals surface area (Å²) in [4.78, 5) is 4.88. The minimum Gasteiger partial charge on any atom is -0.384 e. The third-order valence-electron chi connectivity index (χ3n) is 3.54. The van der Waals surface area contributed by atoms with Crippen LogP contribution >= 0.6 is 0 Å². The van der Waals surface area contributed by atoms with E-state index in [1.54, 1.807) is 0 Å². The van der Waals surface area contributed by atoms with Crippen molar-refractivity contribution in [2.24, 2.45) is 0 Å². The Hall–Kier alpha value is -0.990. The molecule has 0 saturated heterocycles. The molecule has 0 bridgehead atoms. The number of hydrogen-bond acceptors (Lipinski definition) is 2.